The van der Waals surface area contributed by atoms with Crippen molar-refractivity contribution in [2.24, 2.45) is 0 Å². The molecule has 0 aliphatic rings. The molecular weight excluding hydrogens is 276 g/mol. The van der Waals surface area contributed by atoms with Crippen LogP contribution < -0.4 is 10.1 Å². The van der Waals surface area contributed by atoms with Crippen LogP contribution in [-0.2, 0) is 0 Å². The molecule has 0 fully saturated rings. The van der Waals surface area contributed by atoms with Crippen LogP contribution in [0.4, 0.5) is 11.4 Å². The lowest BCUT2D eigenvalue weighted by molar-refractivity contribution is 0.415. The highest BCUT2D eigenvalue weighted by atomic mass is 16.5. The van der Waals surface area contributed by atoms with Crippen LogP contribution in [0.5, 0.6) is 5.75 Å². The van der Waals surface area contributed by atoms with Crippen molar-refractivity contribution in [3.05, 3.63) is 55.0 Å². The van der Waals surface area contributed by atoms with Gasteiger partial charge in [-0.1, -0.05) is 0 Å². The predicted molar refractivity (Wildman–Crippen MR) is 87.7 cm³/mol. The van der Waals surface area contributed by atoms with Crippen molar-refractivity contribution in [2.75, 3.05) is 12.4 Å². The number of methoxy groups -OCH3 is 1. The Morgan fingerprint density at radius 3 is 2.68 bits per heavy atom. The summed E-state index contributed by atoms with van der Waals surface area (Å²) >= 11 is 0. The third kappa shape index (κ3) is 2.03. The second-order valence-electron chi connectivity index (χ2n) is 4.97. The van der Waals surface area contributed by atoms with Gasteiger partial charge in [0, 0.05) is 22.8 Å². The molecule has 0 saturated carbocycles. The first kappa shape index (κ1) is 12.6. The van der Waals surface area contributed by atoms with Gasteiger partial charge in [0.1, 0.15) is 17.6 Å². The van der Waals surface area contributed by atoms with Crippen LogP contribution in [0.1, 0.15) is 0 Å². The second-order valence-corrected chi connectivity index (χ2v) is 4.97. The molecule has 0 amide bonds. The lowest BCUT2D eigenvalue weighted by Gasteiger charge is -2.11. The minimum atomic E-state index is 0.834. The van der Waals surface area contributed by atoms with Gasteiger partial charge in [-0.05, 0) is 42.5 Å². The van der Waals surface area contributed by atoms with Gasteiger partial charge in [0.05, 0.1) is 18.3 Å². The van der Waals surface area contributed by atoms with Gasteiger partial charge in [-0.15, -0.1) is 0 Å². The summed E-state index contributed by atoms with van der Waals surface area (Å²) in [5.74, 6) is 0.834. The number of rotatable bonds is 3. The number of aromatic nitrogens is 3. The Morgan fingerprint density at radius 2 is 1.86 bits per heavy atom. The Bertz CT molecular complexity index is 944. The monoisotopic (exact) mass is 290 g/mol. The minimum absolute atomic E-state index is 0.834. The summed E-state index contributed by atoms with van der Waals surface area (Å²) < 4.78 is 5.19. The molecule has 4 rings (SSSR count). The third-order valence-electron chi connectivity index (χ3n) is 3.67. The highest BCUT2D eigenvalue weighted by Gasteiger charge is 2.08. The van der Waals surface area contributed by atoms with E-state index in [-0.39, 0.29) is 0 Å². The fraction of sp³-hybridized carbons (Fsp3) is 0.0588. The number of H-pyrrole nitrogens is 1. The number of pyridine rings is 1. The van der Waals surface area contributed by atoms with Crippen LogP contribution in [0.15, 0.2) is 55.0 Å². The van der Waals surface area contributed by atoms with Gasteiger partial charge in [0.15, 0.2) is 0 Å². The van der Waals surface area contributed by atoms with Gasteiger partial charge in [-0.25, -0.2) is 9.97 Å². The number of benzene rings is 2. The molecule has 0 saturated heterocycles. The number of fused-ring (bicyclic) bond motifs is 3. The van der Waals surface area contributed by atoms with Gasteiger partial charge in [0.2, 0.25) is 0 Å². The topological polar surface area (TPSA) is 62.8 Å². The van der Waals surface area contributed by atoms with E-state index in [1.165, 1.54) is 0 Å². The zero-order valence-corrected chi connectivity index (χ0v) is 12.0. The Kier molecular flexibility index (Phi) is 2.89. The van der Waals surface area contributed by atoms with E-state index in [4.69, 9.17) is 4.74 Å². The summed E-state index contributed by atoms with van der Waals surface area (Å²) in [5, 5.41) is 4.47. The molecule has 2 aromatic carbocycles. The van der Waals surface area contributed by atoms with Crippen molar-refractivity contribution < 1.29 is 4.74 Å². The van der Waals surface area contributed by atoms with E-state index in [1.54, 1.807) is 13.4 Å². The Hall–Kier alpha value is -3.08. The van der Waals surface area contributed by atoms with Crippen LogP contribution >= 0.6 is 0 Å². The summed E-state index contributed by atoms with van der Waals surface area (Å²) in [6.45, 7) is 0. The molecule has 5 nitrogen and oxygen atoms in total. The summed E-state index contributed by atoms with van der Waals surface area (Å²) in [4.78, 5) is 11.9. The number of nitrogens with one attached hydrogen (secondary N) is 2. The van der Waals surface area contributed by atoms with Crippen molar-refractivity contribution >= 4 is 33.3 Å². The molecule has 108 valence electrons. The summed E-state index contributed by atoms with van der Waals surface area (Å²) in [7, 11) is 1.66. The molecule has 0 spiro atoms. The van der Waals surface area contributed by atoms with Crippen molar-refractivity contribution in [3.63, 3.8) is 0 Å². The standard InChI is InChI=1S/C17H14N4O/c1-22-12-4-2-11(3-5-12)21-14-8-9-18-13-6-7-15-17(16(13)14)20-10-19-15/h2-10,18,21H,1H3. The zero-order chi connectivity index (χ0) is 14.9. The fourth-order valence-corrected chi connectivity index (χ4v) is 2.59. The van der Waals surface area contributed by atoms with E-state index in [1.807, 2.05) is 48.7 Å². The molecule has 0 bridgehead atoms. The van der Waals surface area contributed by atoms with E-state index in [9.17, 15) is 0 Å². The van der Waals surface area contributed by atoms with Crippen molar-refractivity contribution in [1.29, 1.82) is 0 Å². The van der Waals surface area contributed by atoms with E-state index >= 15 is 0 Å². The number of imidazole rings is 1. The highest BCUT2D eigenvalue weighted by Crippen LogP contribution is 2.30. The van der Waals surface area contributed by atoms with Crippen LogP contribution in [0.25, 0.3) is 21.9 Å². The first-order valence-electron chi connectivity index (χ1n) is 6.97. The molecule has 0 atom stereocenters. The minimum Gasteiger partial charge on any atom is -0.497 e. The summed E-state index contributed by atoms with van der Waals surface area (Å²) in [6, 6.07) is 13.8. The number of hydrogen-bond acceptors (Lipinski definition) is 4. The first-order valence-corrected chi connectivity index (χ1v) is 6.97. The molecule has 4 aromatic rings. The number of aromatic amines is 1. The van der Waals surface area contributed by atoms with E-state index < -0.39 is 0 Å². The van der Waals surface area contributed by atoms with E-state index in [0.29, 0.717) is 0 Å². The number of ether oxygens (including phenoxy) is 1. The molecule has 0 radical (unpaired) electrons. The molecule has 2 heterocycles. The molecule has 22 heavy (non-hydrogen) atoms. The maximum Gasteiger partial charge on any atom is 0.119 e. The maximum absolute atomic E-state index is 5.19. The number of hydrogen-bond donors (Lipinski definition) is 2. The van der Waals surface area contributed by atoms with Crippen molar-refractivity contribution in [2.45, 2.75) is 0 Å². The van der Waals surface area contributed by atoms with Gasteiger partial charge in [-0.2, -0.15) is 0 Å². The van der Waals surface area contributed by atoms with E-state index in [2.05, 4.69) is 20.3 Å². The fourth-order valence-electron chi connectivity index (χ4n) is 2.59. The quantitative estimate of drug-likeness (QED) is 0.601. The van der Waals surface area contributed by atoms with E-state index in [0.717, 1.165) is 39.1 Å². The average molecular weight is 290 g/mol. The van der Waals surface area contributed by atoms with Gasteiger partial charge >= 0.3 is 0 Å². The lowest BCUT2D eigenvalue weighted by atomic mass is 10.1. The molecular formula is C17H14N4O. The molecule has 0 unspecified atom stereocenters. The molecule has 2 aromatic heterocycles. The highest BCUT2D eigenvalue weighted by molar-refractivity contribution is 6.09. The van der Waals surface area contributed by atoms with Gasteiger partial charge < -0.3 is 15.0 Å². The first-order chi connectivity index (χ1) is 10.8. The smallest absolute Gasteiger partial charge is 0.119 e. The molecule has 2 N–H and O–H groups in total. The Labute approximate surface area is 127 Å². The Morgan fingerprint density at radius 1 is 1.00 bits per heavy atom. The normalized spacial score (nSPS) is 11.0. The largest absolute Gasteiger partial charge is 0.497 e. The van der Waals surface area contributed by atoms with Crippen LogP contribution in [0.2, 0.25) is 0 Å². The average Bonchev–Trinajstić information content (AvgIpc) is 3.04. The Balaban J connectivity index is 1.84. The van der Waals surface area contributed by atoms with Crippen molar-refractivity contribution in [3.8, 4) is 5.75 Å². The van der Waals surface area contributed by atoms with Gasteiger partial charge in [0.25, 0.3) is 0 Å². The third-order valence-corrected chi connectivity index (χ3v) is 3.67. The SMILES string of the molecule is COc1ccc(Nc2cc[nH]c3ccc4ncnc4c23)cc1. The van der Waals surface area contributed by atoms with Crippen molar-refractivity contribution in [1.82, 2.24) is 15.0 Å². The number of nitrogens with zero attached hydrogens (tertiary/aromatic N) is 2. The molecule has 5 heteroatoms. The summed E-state index contributed by atoms with van der Waals surface area (Å²) in [6.07, 6.45) is 3.50. The van der Waals surface area contributed by atoms with Crippen LogP contribution in [0, 0.1) is 0 Å². The summed E-state index contributed by atoms with van der Waals surface area (Å²) in [5.41, 5.74) is 4.79. The van der Waals surface area contributed by atoms with Crippen LogP contribution in [-0.4, -0.2) is 22.1 Å². The second kappa shape index (κ2) is 5.04. The predicted octanol–water partition coefficient (Wildman–Crippen LogP) is 3.86. The molecule has 0 aliphatic carbocycles. The van der Waals surface area contributed by atoms with Gasteiger partial charge in [-0.3, -0.25) is 0 Å². The van der Waals surface area contributed by atoms with Crippen LogP contribution in [0.3, 0.4) is 0 Å². The number of anilines is 2. The zero-order valence-electron chi connectivity index (χ0n) is 12.0. The lowest BCUT2D eigenvalue weighted by Crippen LogP contribution is -1.93. The molecule has 0 aliphatic heterocycles. The maximum atomic E-state index is 5.19.